The van der Waals surface area contributed by atoms with E-state index >= 15 is 0 Å². The third kappa shape index (κ3) is 7.95. The Morgan fingerprint density at radius 1 is 1.16 bits per heavy atom. The molecule has 0 bridgehead atoms. The number of likely N-dealkylation sites (tertiary alicyclic amines) is 1. The van der Waals surface area contributed by atoms with Gasteiger partial charge in [-0.15, -0.1) is 0 Å². The van der Waals surface area contributed by atoms with Crippen molar-refractivity contribution in [2.45, 2.75) is 78.4 Å². The Hall–Kier alpha value is -3.58. The molecule has 1 aromatic rings. The lowest BCUT2D eigenvalue weighted by molar-refractivity contribution is -0.137. The molecule has 37 heavy (non-hydrogen) atoms. The lowest BCUT2D eigenvalue weighted by atomic mass is 9.90. The van der Waals surface area contributed by atoms with Gasteiger partial charge in [-0.05, 0) is 87.2 Å². The second-order valence-electron chi connectivity index (χ2n) is 9.75. The molecule has 2 heterocycles. The molecule has 2 aliphatic heterocycles. The number of fused-ring (bicyclic) bond motifs is 1. The van der Waals surface area contributed by atoms with Gasteiger partial charge in [0.1, 0.15) is 6.10 Å². The van der Waals surface area contributed by atoms with E-state index in [-0.39, 0.29) is 30.6 Å². The number of hydrogen-bond donors (Lipinski definition) is 0. The van der Waals surface area contributed by atoms with E-state index in [1.807, 2.05) is 56.9 Å². The number of allylic oxidation sites excluding steroid dienone is 1. The zero-order valence-corrected chi connectivity index (χ0v) is 22.3. The van der Waals surface area contributed by atoms with Crippen LogP contribution in [0.5, 0.6) is 0 Å². The molecular weight excluding hydrogens is 470 g/mol. The first kappa shape index (κ1) is 28.0. The highest BCUT2D eigenvalue weighted by atomic mass is 16.6. The highest BCUT2D eigenvalue weighted by molar-refractivity contribution is 6.00. The number of carbonyl (C=O) groups excluding carboxylic acids is 2. The summed E-state index contributed by atoms with van der Waals surface area (Å²) in [6.07, 6.45) is 11.5. The molecule has 0 aromatic heterocycles. The molecule has 1 amide bonds. The smallest absolute Gasteiger partial charge is 0.338 e. The van der Waals surface area contributed by atoms with E-state index in [9.17, 15) is 9.59 Å². The predicted octanol–water partition coefficient (Wildman–Crippen LogP) is 5.67. The van der Waals surface area contributed by atoms with Gasteiger partial charge in [-0.25, -0.2) is 4.79 Å². The van der Waals surface area contributed by atoms with Crippen LogP contribution in [-0.2, 0) is 20.8 Å². The topological polar surface area (TPSA) is 117 Å². The van der Waals surface area contributed by atoms with E-state index in [4.69, 9.17) is 15.1 Å². The standard InChI is InChI=1S/C28H37N5O4/c1-19-16-20(2)27-25(22(19)4)17-24(31-36-18-26(34)33-14-6-5-7-15-33)13-9-12-23(30-32-29)11-8-10-21(3)37-28(27)35/h8-9,11,13,16,21,23H,5-7,10,12,14-15,17-18H2,1-4H3/b11-8+,13-9+,31-24?/t21-,23+/m1/s1. The van der Waals surface area contributed by atoms with Crippen molar-refractivity contribution < 1.29 is 19.2 Å². The van der Waals surface area contributed by atoms with Crippen LogP contribution in [0.3, 0.4) is 0 Å². The lowest BCUT2D eigenvalue weighted by Crippen LogP contribution is -2.37. The monoisotopic (exact) mass is 507 g/mol. The number of carbonyl (C=O) groups is 2. The quantitative estimate of drug-likeness (QED) is 0.130. The number of azide groups is 1. The third-order valence-corrected chi connectivity index (χ3v) is 6.84. The van der Waals surface area contributed by atoms with Gasteiger partial charge >= 0.3 is 5.97 Å². The summed E-state index contributed by atoms with van der Waals surface area (Å²) in [6.45, 7) is 9.10. The van der Waals surface area contributed by atoms with Gasteiger partial charge in [0.05, 0.1) is 17.3 Å². The number of aryl methyl sites for hydroxylation is 2. The maximum Gasteiger partial charge on any atom is 0.338 e. The molecule has 198 valence electrons. The van der Waals surface area contributed by atoms with Crippen molar-refractivity contribution >= 4 is 17.6 Å². The summed E-state index contributed by atoms with van der Waals surface area (Å²) in [5, 5.41) is 8.15. The maximum absolute atomic E-state index is 13.3. The zero-order valence-electron chi connectivity index (χ0n) is 22.3. The van der Waals surface area contributed by atoms with Gasteiger partial charge in [-0.2, -0.15) is 0 Å². The number of nitrogens with zero attached hydrogens (tertiary/aromatic N) is 5. The normalized spacial score (nSPS) is 23.7. The van der Waals surface area contributed by atoms with Crippen LogP contribution in [0.15, 0.2) is 40.6 Å². The van der Waals surface area contributed by atoms with E-state index in [1.165, 1.54) is 0 Å². The van der Waals surface area contributed by atoms with Crippen molar-refractivity contribution in [3.63, 3.8) is 0 Å². The van der Waals surface area contributed by atoms with Crippen LogP contribution in [0.2, 0.25) is 0 Å². The predicted molar refractivity (Wildman–Crippen MR) is 144 cm³/mol. The number of amides is 1. The second kappa shape index (κ2) is 13.7. The van der Waals surface area contributed by atoms with Gasteiger partial charge < -0.3 is 14.5 Å². The number of cyclic esters (lactones) is 1. The van der Waals surface area contributed by atoms with Crippen molar-refractivity contribution in [1.29, 1.82) is 0 Å². The van der Waals surface area contributed by atoms with Crippen LogP contribution in [0, 0.1) is 20.8 Å². The first-order valence-electron chi connectivity index (χ1n) is 12.9. The fourth-order valence-corrected chi connectivity index (χ4v) is 4.67. The number of piperidine rings is 1. The van der Waals surface area contributed by atoms with Crippen molar-refractivity contribution in [3.8, 4) is 0 Å². The molecule has 2 atom stereocenters. The highest BCUT2D eigenvalue weighted by Crippen LogP contribution is 2.25. The summed E-state index contributed by atoms with van der Waals surface area (Å²) in [5.74, 6) is -0.465. The summed E-state index contributed by atoms with van der Waals surface area (Å²) >= 11 is 0. The number of benzene rings is 1. The van der Waals surface area contributed by atoms with Crippen LogP contribution in [0.4, 0.5) is 0 Å². The van der Waals surface area contributed by atoms with Crippen LogP contribution in [-0.4, -0.2) is 54.3 Å². The molecule has 9 heteroatoms. The minimum Gasteiger partial charge on any atom is -0.459 e. The van der Waals surface area contributed by atoms with Gasteiger partial charge in [0.25, 0.3) is 5.91 Å². The Bertz CT molecular complexity index is 1130. The number of rotatable bonds is 4. The van der Waals surface area contributed by atoms with E-state index in [0.717, 1.165) is 54.6 Å². The number of ether oxygens (including phenoxy) is 1. The maximum atomic E-state index is 13.3. The van der Waals surface area contributed by atoms with E-state index in [1.54, 1.807) is 6.08 Å². The Kier molecular flexibility index (Phi) is 10.3. The molecule has 1 fully saturated rings. The van der Waals surface area contributed by atoms with Crippen molar-refractivity contribution in [2.24, 2.45) is 10.3 Å². The lowest BCUT2D eigenvalue weighted by Gasteiger charge is -2.26. The van der Waals surface area contributed by atoms with Crippen molar-refractivity contribution in [3.05, 3.63) is 68.6 Å². The molecule has 0 saturated carbocycles. The average molecular weight is 508 g/mol. The van der Waals surface area contributed by atoms with Gasteiger partial charge in [0, 0.05) is 30.8 Å². The summed E-state index contributed by atoms with van der Waals surface area (Å²) in [5.41, 5.74) is 13.7. The summed E-state index contributed by atoms with van der Waals surface area (Å²) in [4.78, 5) is 36.1. The van der Waals surface area contributed by atoms with Crippen LogP contribution < -0.4 is 0 Å². The van der Waals surface area contributed by atoms with Crippen LogP contribution in [0.25, 0.3) is 10.4 Å². The molecule has 2 aliphatic rings. The molecule has 0 aliphatic carbocycles. The SMILES string of the molecule is Cc1cc(C)c2c(c1C)CC(=NOCC(=O)N1CCCCC1)/C=C/C[C@@H](N=[N+]=[N-])/C=C/C[C@@H](C)OC2=O. The molecule has 0 N–H and O–H groups in total. The first-order valence-corrected chi connectivity index (χ1v) is 12.9. The molecule has 9 nitrogen and oxygen atoms in total. The Morgan fingerprint density at radius 3 is 2.65 bits per heavy atom. The van der Waals surface area contributed by atoms with Gasteiger partial charge in [0.15, 0.2) is 6.61 Å². The molecule has 3 rings (SSSR count). The van der Waals surface area contributed by atoms with E-state index in [0.29, 0.717) is 30.5 Å². The fraction of sp³-hybridized carbons (Fsp3) is 0.536. The van der Waals surface area contributed by atoms with Gasteiger partial charge in [0.2, 0.25) is 0 Å². The molecule has 0 unspecified atom stereocenters. The largest absolute Gasteiger partial charge is 0.459 e. The van der Waals surface area contributed by atoms with Gasteiger partial charge in [-0.3, -0.25) is 4.79 Å². The Balaban J connectivity index is 1.95. The minimum atomic E-state index is -0.385. The van der Waals surface area contributed by atoms with E-state index < -0.39 is 0 Å². The Labute approximate surface area is 218 Å². The highest BCUT2D eigenvalue weighted by Gasteiger charge is 2.23. The van der Waals surface area contributed by atoms with Crippen molar-refractivity contribution in [1.82, 2.24) is 4.90 Å². The third-order valence-electron chi connectivity index (χ3n) is 6.84. The summed E-state index contributed by atoms with van der Waals surface area (Å²) in [7, 11) is 0. The number of esters is 1. The van der Waals surface area contributed by atoms with Crippen LogP contribution >= 0.6 is 0 Å². The van der Waals surface area contributed by atoms with E-state index in [2.05, 4.69) is 15.2 Å². The first-order chi connectivity index (χ1) is 17.8. The van der Waals surface area contributed by atoms with Gasteiger partial charge in [-0.1, -0.05) is 34.6 Å². The van der Waals surface area contributed by atoms with Crippen molar-refractivity contribution in [2.75, 3.05) is 19.7 Å². The summed E-state index contributed by atoms with van der Waals surface area (Å²) < 4.78 is 5.77. The number of oxime groups is 1. The molecule has 0 spiro atoms. The molecular formula is C28H37N5O4. The fourth-order valence-electron chi connectivity index (χ4n) is 4.67. The molecule has 1 saturated heterocycles. The summed E-state index contributed by atoms with van der Waals surface area (Å²) in [6, 6.07) is 1.61. The van der Waals surface area contributed by atoms with Crippen LogP contribution in [0.1, 0.15) is 71.6 Å². The minimum absolute atomic E-state index is 0.0803. The Morgan fingerprint density at radius 2 is 1.92 bits per heavy atom. The second-order valence-corrected chi connectivity index (χ2v) is 9.75. The molecule has 1 aromatic carbocycles. The molecule has 0 radical (unpaired) electrons. The zero-order chi connectivity index (χ0) is 26.8. The average Bonchev–Trinajstić information content (AvgIpc) is 2.86. The number of hydrogen-bond acceptors (Lipinski definition) is 6.